The van der Waals surface area contributed by atoms with Crippen LogP contribution in [0.1, 0.15) is 39.0 Å². The third-order valence-corrected chi connectivity index (χ3v) is 2.99. The number of nitrogens with zero attached hydrogens (tertiary/aromatic N) is 1. The third kappa shape index (κ3) is 6.44. The van der Waals surface area contributed by atoms with Crippen molar-refractivity contribution in [2.75, 3.05) is 19.6 Å². The van der Waals surface area contributed by atoms with Crippen molar-refractivity contribution in [3.05, 3.63) is 12.2 Å². The van der Waals surface area contributed by atoms with Gasteiger partial charge in [0, 0.05) is 32.0 Å². The van der Waals surface area contributed by atoms with Gasteiger partial charge >= 0.3 is 0 Å². The highest BCUT2D eigenvalue weighted by molar-refractivity contribution is 5.75. The summed E-state index contributed by atoms with van der Waals surface area (Å²) in [6.07, 6.45) is 9.13. The molecule has 0 spiro atoms. The summed E-state index contributed by atoms with van der Waals surface area (Å²) in [6.45, 7) is 3.98. The Morgan fingerprint density at radius 1 is 1.47 bits per heavy atom. The molecule has 1 aliphatic heterocycles. The van der Waals surface area contributed by atoms with E-state index in [4.69, 9.17) is 0 Å². The van der Waals surface area contributed by atoms with Gasteiger partial charge in [-0.15, -0.1) is 0 Å². The van der Waals surface area contributed by atoms with Gasteiger partial charge in [0.05, 0.1) is 0 Å². The summed E-state index contributed by atoms with van der Waals surface area (Å²) < 4.78 is 0. The molecule has 0 saturated heterocycles. The maximum absolute atomic E-state index is 11.5. The van der Waals surface area contributed by atoms with Gasteiger partial charge in [0.2, 0.25) is 5.91 Å². The van der Waals surface area contributed by atoms with E-state index in [2.05, 4.69) is 18.3 Å². The molecule has 0 bridgehead atoms. The van der Waals surface area contributed by atoms with E-state index in [1.54, 1.807) is 0 Å². The Bertz CT molecular complexity index is 254. The molecule has 0 saturated carbocycles. The number of carbonyl (C=O) groups is 1. The predicted octanol–water partition coefficient (Wildman–Crippen LogP) is 1.95. The fourth-order valence-corrected chi connectivity index (χ4v) is 1.96. The predicted molar refractivity (Wildman–Crippen MR) is 67.8 cm³/mol. The molecule has 1 rings (SSSR count). The molecule has 4 heteroatoms. The maximum Gasteiger partial charge on any atom is 0.220 e. The average molecular weight is 240 g/mol. The summed E-state index contributed by atoms with van der Waals surface area (Å²) >= 11 is 0. The monoisotopic (exact) mass is 240 g/mol. The van der Waals surface area contributed by atoms with E-state index in [1.165, 1.54) is 17.9 Å². The summed E-state index contributed by atoms with van der Waals surface area (Å²) in [5, 5.41) is 13.5. The lowest BCUT2D eigenvalue weighted by atomic mass is 10.1. The molecule has 0 fully saturated rings. The van der Waals surface area contributed by atoms with Crippen LogP contribution in [0.3, 0.4) is 0 Å². The molecule has 2 N–H and O–H groups in total. The van der Waals surface area contributed by atoms with Crippen LogP contribution in [0.4, 0.5) is 0 Å². The number of rotatable bonds is 7. The number of carbonyl (C=O) groups excluding carboxylic acids is 1. The smallest absolute Gasteiger partial charge is 0.220 e. The topological polar surface area (TPSA) is 52.6 Å². The lowest BCUT2D eigenvalue weighted by molar-refractivity contribution is -0.122. The first kappa shape index (κ1) is 14.2. The zero-order chi connectivity index (χ0) is 12.5. The number of hydroxylamine groups is 2. The Hall–Kier alpha value is -0.870. The minimum Gasteiger partial charge on any atom is -0.355 e. The first-order chi connectivity index (χ1) is 8.22. The minimum atomic E-state index is 0.129. The van der Waals surface area contributed by atoms with E-state index in [-0.39, 0.29) is 11.8 Å². The fraction of sp³-hybridized carbons (Fsp3) is 0.769. The Kier molecular flexibility index (Phi) is 6.89. The van der Waals surface area contributed by atoms with Crippen molar-refractivity contribution in [3.8, 4) is 0 Å². The molecule has 0 aliphatic carbocycles. The van der Waals surface area contributed by atoms with Crippen LogP contribution in [-0.2, 0) is 4.79 Å². The summed E-state index contributed by atoms with van der Waals surface area (Å²) in [5.74, 6) is 0.359. The van der Waals surface area contributed by atoms with Gasteiger partial charge in [-0.25, -0.2) is 0 Å². The second kappa shape index (κ2) is 8.25. The molecule has 0 radical (unpaired) electrons. The lowest BCUT2D eigenvalue weighted by Crippen LogP contribution is -2.36. The summed E-state index contributed by atoms with van der Waals surface area (Å²) in [5.41, 5.74) is 0. The van der Waals surface area contributed by atoms with E-state index >= 15 is 0 Å². The van der Waals surface area contributed by atoms with Gasteiger partial charge < -0.3 is 10.5 Å². The molecule has 1 unspecified atom stereocenters. The first-order valence-corrected chi connectivity index (χ1v) is 6.59. The van der Waals surface area contributed by atoms with Crippen molar-refractivity contribution in [1.82, 2.24) is 10.4 Å². The molecule has 17 heavy (non-hydrogen) atoms. The second-order valence-corrected chi connectivity index (χ2v) is 4.67. The first-order valence-electron chi connectivity index (χ1n) is 6.59. The van der Waals surface area contributed by atoms with Crippen LogP contribution >= 0.6 is 0 Å². The SMILES string of the molecule is CCCCCCC(=O)NCC1C=CCN(O)C1. The van der Waals surface area contributed by atoms with Crippen molar-refractivity contribution in [1.29, 1.82) is 0 Å². The molecule has 0 aromatic carbocycles. The molecule has 0 aromatic rings. The summed E-state index contributed by atoms with van der Waals surface area (Å²) in [6, 6.07) is 0. The van der Waals surface area contributed by atoms with Gasteiger partial charge in [-0.2, -0.15) is 5.06 Å². The standard InChI is InChI=1S/C13H24N2O2/c1-2-3-4-5-8-13(16)14-10-12-7-6-9-15(17)11-12/h6-7,12,17H,2-5,8-11H2,1H3,(H,14,16). The Labute approximate surface area is 104 Å². The Balaban J connectivity index is 2.07. The molecule has 4 nitrogen and oxygen atoms in total. The highest BCUT2D eigenvalue weighted by atomic mass is 16.5. The molecule has 1 amide bonds. The third-order valence-electron chi connectivity index (χ3n) is 2.99. The van der Waals surface area contributed by atoms with E-state index in [0.717, 1.165) is 12.8 Å². The highest BCUT2D eigenvalue weighted by Gasteiger charge is 2.14. The number of unbranched alkanes of at least 4 members (excludes halogenated alkanes) is 3. The van der Waals surface area contributed by atoms with Gasteiger partial charge in [-0.3, -0.25) is 4.79 Å². The molecular weight excluding hydrogens is 216 g/mol. The van der Waals surface area contributed by atoms with Crippen molar-refractivity contribution in [3.63, 3.8) is 0 Å². The van der Waals surface area contributed by atoms with Crippen LogP contribution in [0.25, 0.3) is 0 Å². The van der Waals surface area contributed by atoms with Crippen LogP contribution < -0.4 is 5.32 Å². The van der Waals surface area contributed by atoms with Crippen LogP contribution in [0.5, 0.6) is 0 Å². The Morgan fingerprint density at radius 2 is 2.29 bits per heavy atom. The molecule has 98 valence electrons. The largest absolute Gasteiger partial charge is 0.355 e. The van der Waals surface area contributed by atoms with Crippen LogP contribution in [0.15, 0.2) is 12.2 Å². The molecule has 1 heterocycles. The maximum atomic E-state index is 11.5. The van der Waals surface area contributed by atoms with E-state index in [9.17, 15) is 10.0 Å². The molecule has 1 atom stereocenters. The number of nitrogens with one attached hydrogen (secondary N) is 1. The molecule has 0 aromatic heterocycles. The van der Waals surface area contributed by atoms with Crippen LogP contribution in [0.2, 0.25) is 0 Å². The average Bonchev–Trinajstić information content (AvgIpc) is 2.32. The van der Waals surface area contributed by atoms with Crippen molar-refractivity contribution >= 4 is 5.91 Å². The summed E-state index contributed by atoms with van der Waals surface area (Å²) in [7, 11) is 0. The molecule has 1 aliphatic rings. The quantitative estimate of drug-likeness (QED) is 0.528. The van der Waals surface area contributed by atoms with E-state index in [0.29, 0.717) is 26.1 Å². The minimum absolute atomic E-state index is 0.129. The van der Waals surface area contributed by atoms with Gasteiger partial charge in [-0.1, -0.05) is 38.3 Å². The van der Waals surface area contributed by atoms with Gasteiger partial charge in [0.1, 0.15) is 0 Å². The van der Waals surface area contributed by atoms with Crippen molar-refractivity contribution in [2.24, 2.45) is 5.92 Å². The van der Waals surface area contributed by atoms with E-state index in [1.807, 2.05) is 6.08 Å². The zero-order valence-electron chi connectivity index (χ0n) is 10.7. The van der Waals surface area contributed by atoms with Crippen LogP contribution in [-0.4, -0.2) is 35.8 Å². The number of hydrogen-bond acceptors (Lipinski definition) is 3. The second-order valence-electron chi connectivity index (χ2n) is 4.67. The van der Waals surface area contributed by atoms with Gasteiger partial charge in [-0.05, 0) is 6.42 Å². The molecular formula is C13H24N2O2. The zero-order valence-corrected chi connectivity index (χ0v) is 10.7. The van der Waals surface area contributed by atoms with Gasteiger partial charge in [0.15, 0.2) is 0 Å². The van der Waals surface area contributed by atoms with Crippen molar-refractivity contribution in [2.45, 2.75) is 39.0 Å². The normalized spacial score (nSPS) is 20.5. The van der Waals surface area contributed by atoms with Gasteiger partial charge in [0.25, 0.3) is 0 Å². The van der Waals surface area contributed by atoms with Crippen molar-refractivity contribution < 1.29 is 10.0 Å². The lowest BCUT2D eigenvalue weighted by Gasteiger charge is -2.23. The number of hydrogen-bond donors (Lipinski definition) is 2. The summed E-state index contributed by atoms with van der Waals surface area (Å²) in [4.78, 5) is 11.5. The number of amides is 1. The fourth-order valence-electron chi connectivity index (χ4n) is 1.96. The Morgan fingerprint density at radius 3 is 3.00 bits per heavy atom. The van der Waals surface area contributed by atoms with Crippen LogP contribution in [0, 0.1) is 5.92 Å². The highest BCUT2D eigenvalue weighted by Crippen LogP contribution is 2.07. The van der Waals surface area contributed by atoms with E-state index < -0.39 is 0 Å².